The van der Waals surface area contributed by atoms with Crippen LogP contribution in [0.25, 0.3) is 0 Å². The maximum atomic E-state index is 12.9. The van der Waals surface area contributed by atoms with E-state index in [1.807, 2.05) is 6.92 Å². The molecule has 0 saturated carbocycles. The second-order valence-electron chi connectivity index (χ2n) is 7.75. The maximum Gasteiger partial charge on any atom is 0.403 e. The first-order valence-corrected chi connectivity index (χ1v) is 10.6. The molecule has 1 N–H and O–H groups in total. The lowest BCUT2D eigenvalue weighted by molar-refractivity contribution is -0.181. The van der Waals surface area contributed by atoms with E-state index >= 15 is 0 Å². The molecule has 2 saturated heterocycles. The molecule has 0 aliphatic carbocycles. The summed E-state index contributed by atoms with van der Waals surface area (Å²) in [6.07, 6.45) is -4.17. The molecule has 0 spiro atoms. The van der Waals surface area contributed by atoms with Gasteiger partial charge in [0.15, 0.2) is 5.96 Å². The largest absolute Gasteiger partial charge is 0.403 e. The highest BCUT2D eigenvalue weighted by Crippen LogP contribution is 2.25. The first-order valence-electron chi connectivity index (χ1n) is 10.6. The van der Waals surface area contributed by atoms with Crippen LogP contribution in [0.15, 0.2) is 4.99 Å². The first-order chi connectivity index (χ1) is 13.3. The van der Waals surface area contributed by atoms with E-state index in [1.54, 1.807) is 0 Å². The number of hydrogen-bond acceptors (Lipinski definition) is 4. The summed E-state index contributed by atoms with van der Waals surface area (Å²) in [7, 11) is 0. The molecule has 0 amide bonds. The van der Waals surface area contributed by atoms with Gasteiger partial charge in [-0.1, -0.05) is 6.92 Å². The lowest BCUT2D eigenvalue weighted by Crippen LogP contribution is -2.57. The zero-order valence-electron chi connectivity index (χ0n) is 18.2. The number of piperazine rings is 2. The molecule has 2 rings (SSSR count). The van der Waals surface area contributed by atoms with Crippen LogP contribution in [-0.2, 0) is 0 Å². The fourth-order valence-electron chi connectivity index (χ4n) is 3.81. The van der Waals surface area contributed by atoms with E-state index in [2.05, 4.69) is 33.9 Å². The van der Waals surface area contributed by atoms with Crippen LogP contribution in [0.2, 0.25) is 0 Å². The van der Waals surface area contributed by atoms with Crippen LogP contribution in [0.4, 0.5) is 13.2 Å². The summed E-state index contributed by atoms with van der Waals surface area (Å²) in [5.74, 6) is 0.820. The zero-order valence-corrected chi connectivity index (χ0v) is 20.5. The normalized spacial score (nSPS) is 22.9. The Hall–Kier alpha value is -0.330. The Labute approximate surface area is 190 Å². The highest BCUT2D eigenvalue weighted by atomic mass is 127. The number of halogens is 4. The molecule has 2 aliphatic rings. The predicted molar refractivity (Wildman–Crippen MR) is 123 cm³/mol. The van der Waals surface area contributed by atoms with E-state index < -0.39 is 12.2 Å². The van der Waals surface area contributed by atoms with E-state index in [0.29, 0.717) is 38.8 Å². The molecule has 0 radical (unpaired) electrons. The lowest BCUT2D eigenvalue weighted by Gasteiger charge is -2.40. The standard InChI is InChI=1S/C19H37F3N6.HI/c1-5-23-18(24-15-16(3)26-9-7-25(6-2)8-10-26)28-13-11-27(12-14-28)17(4)19(20,21)22;/h16-17H,5-15H2,1-4H3,(H,23,24);1H. The van der Waals surface area contributed by atoms with Gasteiger partial charge in [-0.15, -0.1) is 24.0 Å². The monoisotopic (exact) mass is 534 g/mol. The van der Waals surface area contributed by atoms with E-state index in [-0.39, 0.29) is 24.0 Å². The van der Waals surface area contributed by atoms with Crippen molar-refractivity contribution >= 4 is 29.9 Å². The number of alkyl halides is 3. The molecule has 0 bridgehead atoms. The van der Waals surface area contributed by atoms with Crippen molar-refractivity contribution in [2.24, 2.45) is 4.99 Å². The van der Waals surface area contributed by atoms with Gasteiger partial charge in [0.25, 0.3) is 0 Å². The predicted octanol–water partition coefficient (Wildman–Crippen LogP) is 2.16. The first kappa shape index (κ1) is 26.7. The number of nitrogens with one attached hydrogen (secondary N) is 1. The Bertz CT molecular complexity index is 489. The summed E-state index contributed by atoms with van der Waals surface area (Å²) in [5, 5.41) is 3.31. The molecule has 2 unspecified atom stereocenters. The van der Waals surface area contributed by atoms with Crippen LogP contribution in [0.1, 0.15) is 27.7 Å². The number of likely N-dealkylation sites (N-methyl/N-ethyl adjacent to an activating group) is 1. The summed E-state index contributed by atoms with van der Waals surface area (Å²) in [5.41, 5.74) is 0. The van der Waals surface area contributed by atoms with Crippen molar-refractivity contribution in [3.05, 3.63) is 0 Å². The van der Waals surface area contributed by atoms with Crippen molar-refractivity contribution in [2.75, 3.05) is 72.0 Å². The van der Waals surface area contributed by atoms with Crippen molar-refractivity contribution < 1.29 is 13.2 Å². The minimum atomic E-state index is -4.17. The summed E-state index contributed by atoms with van der Waals surface area (Å²) in [4.78, 5) is 13.3. The third-order valence-corrected chi connectivity index (χ3v) is 5.95. The van der Waals surface area contributed by atoms with Crippen LogP contribution in [-0.4, -0.2) is 116 Å². The van der Waals surface area contributed by atoms with Crippen LogP contribution in [0, 0.1) is 0 Å². The number of hydrogen-bond donors (Lipinski definition) is 1. The van der Waals surface area contributed by atoms with Gasteiger partial charge in [-0.3, -0.25) is 14.8 Å². The highest BCUT2D eigenvalue weighted by molar-refractivity contribution is 14.0. The molecule has 6 nitrogen and oxygen atoms in total. The van der Waals surface area contributed by atoms with Crippen LogP contribution >= 0.6 is 24.0 Å². The van der Waals surface area contributed by atoms with Crippen LogP contribution in [0.5, 0.6) is 0 Å². The lowest BCUT2D eigenvalue weighted by atomic mass is 10.2. The van der Waals surface area contributed by atoms with Crippen LogP contribution in [0.3, 0.4) is 0 Å². The summed E-state index contributed by atoms with van der Waals surface area (Å²) in [6, 6.07) is -1.03. The van der Waals surface area contributed by atoms with Crippen molar-refractivity contribution in [3.63, 3.8) is 0 Å². The molecule has 2 aliphatic heterocycles. The molecule has 2 atom stereocenters. The van der Waals surface area contributed by atoms with Gasteiger partial charge in [0.2, 0.25) is 0 Å². The Balaban J connectivity index is 0.00000420. The summed E-state index contributed by atoms with van der Waals surface area (Å²) < 4.78 is 38.8. The SMILES string of the molecule is CCNC(=NCC(C)N1CCN(CC)CC1)N1CCN(C(C)C(F)(F)F)CC1.I. The van der Waals surface area contributed by atoms with Gasteiger partial charge < -0.3 is 15.1 Å². The number of aliphatic imine (C=N–C) groups is 1. The van der Waals surface area contributed by atoms with Gasteiger partial charge >= 0.3 is 6.18 Å². The van der Waals surface area contributed by atoms with Gasteiger partial charge in [-0.2, -0.15) is 13.2 Å². The molecule has 172 valence electrons. The Morgan fingerprint density at radius 2 is 1.48 bits per heavy atom. The maximum absolute atomic E-state index is 12.9. The Morgan fingerprint density at radius 3 is 1.97 bits per heavy atom. The third kappa shape index (κ3) is 8.02. The Morgan fingerprint density at radius 1 is 0.931 bits per heavy atom. The average Bonchev–Trinajstić information content (AvgIpc) is 2.70. The Kier molecular flexibility index (Phi) is 11.5. The molecular weight excluding hydrogens is 496 g/mol. The minimum absolute atomic E-state index is 0. The summed E-state index contributed by atoms with van der Waals surface area (Å²) >= 11 is 0. The number of nitrogens with zero attached hydrogens (tertiary/aromatic N) is 5. The van der Waals surface area contributed by atoms with Crippen molar-refractivity contribution in [3.8, 4) is 0 Å². The number of rotatable bonds is 6. The molecule has 29 heavy (non-hydrogen) atoms. The molecule has 2 fully saturated rings. The van der Waals surface area contributed by atoms with Gasteiger partial charge in [0, 0.05) is 64.9 Å². The van der Waals surface area contributed by atoms with Crippen LogP contribution < -0.4 is 5.32 Å². The fourth-order valence-corrected chi connectivity index (χ4v) is 3.81. The van der Waals surface area contributed by atoms with E-state index in [4.69, 9.17) is 4.99 Å². The van der Waals surface area contributed by atoms with Gasteiger partial charge in [-0.25, -0.2) is 0 Å². The van der Waals surface area contributed by atoms with Gasteiger partial charge in [0.1, 0.15) is 6.04 Å². The number of guanidine groups is 1. The third-order valence-electron chi connectivity index (χ3n) is 5.95. The summed E-state index contributed by atoms with van der Waals surface area (Å²) in [6.45, 7) is 16.5. The zero-order chi connectivity index (χ0) is 20.7. The molecule has 0 aromatic carbocycles. The fraction of sp³-hybridized carbons (Fsp3) is 0.947. The van der Waals surface area contributed by atoms with Crippen molar-refractivity contribution in [1.29, 1.82) is 0 Å². The van der Waals surface area contributed by atoms with E-state index in [9.17, 15) is 13.2 Å². The molecular formula is C19H38F3IN6. The van der Waals surface area contributed by atoms with Crippen molar-refractivity contribution in [2.45, 2.75) is 46.0 Å². The highest BCUT2D eigenvalue weighted by Gasteiger charge is 2.41. The smallest absolute Gasteiger partial charge is 0.357 e. The van der Waals surface area contributed by atoms with Crippen molar-refractivity contribution in [1.82, 2.24) is 24.9 Å². The van der Waals surface area contributed by atoms with E-state index in [0.717, 1.165) is 45.2 Å². The minimum Gasteiger partial charge on any atom is -0.357 e. The molecule has 0 aromatic heterocycles. The molecule has 0 aromatic rings. The topological polar surface area (TPSA) is 37.4 Å². The second-order valence-corrected chi connectivity index (χ2v) is 7.75. The quantitative estimate of drug-likeness (QED) is 0.322. The second kappa shape index (κ2) is 12.5. The van der Waals surface area contributed by atoms with Gasteiger partial charge in [-0.05, 0) is 27.3 Å². The molecule has 10 heteroatoms. The van der Waals surface area contributed by atoms with Gasteiger partial charge in [0.05, 0.1) is 6.54 Å². The molecule has 2 heterocycles. The average molecular weight is 534 g/mol. The van der Waals surface area contributed by atoms with E-state index in [1.165, 1.54) is 11.8 Å².